The summed E-state index contributed by atoms with van der Waals surface area (Å²) in [7, 11) is 0. The first kappa shape index (κ1) is 19.9. The summed E-state index contributed by atoms with van der Waals surface area (Å²) in [5.41, 5.74) is 0.660. The second kappa shape index (κ2) is 8.95. The molecular formula is C22H30N4O3. The van der Waals surface area contributed by atoms with Gasteiger partial charge in [-0.15, -0.1) is 10.2 Å². The highest BCUT2D eigenvalue weighted by Gasteiger charge is 2.26. The predicted molar refractivity (Wildman–Crippen MR) is 109 cm³/mol. The number of nitrogens with zero attached hydrogens (tertiary/aromatic N) is 3. The van der Waals surface area contributed by atoms with Crippen LogP contribution in [0.25, 0.3) is 0 Å². The van der Waals surface area contributed by atoms with Crippen molar-refractivity contribution in [2.75, 3.05) is 13.2 Å². The highest BCUT2D eigenvalue weighted by molar-refractivity contribution is 5.94. The molecule has 1 aromatic carbocycles. The van der Waals surface area contributed by atoms with Gasteiger partial charge in [0, 0.05) is 43.7 Å². The van der Waals surface area contributed by atoms with Gasteiger partial charge < -0.3 is 19.4 Å². The molecule has 1 unspecified atom stereocenters. The van der Waals surface area contributed by atoms with E-state index in [1.165, 1.54) is 0 Å². The molecule has 7 nitrogen and oxygen atoms in total. The van der Waals surface area contributed by atoms with Crippen molar-refractivity contribution in [1.82, 2.24) is 20.1 Å². The summed E-state index contributed by atoms with van der Waals surface area (Å²) in [5, 5.41) is 12.1. The monoisotopic (exact) mass is 398 g/mol. The van der Waals surface area contributed by atoms with E-state index in [1.54, 1.807) is 0 Å². The molecule has 0 radical (unpaired) electrons. The van der Waals surface area contributed by atoms with Gasteiger partial charge in [0.2, 0.25) is 0 Å². The van der Waals surface area contributed by atoms with Gasteiger partial charge in [-0.3, -0.25) is 4.79 Å². The van der Waals surface area contributed by atoms with E-state index >= 15 is 0 Å². The Kier molecular flexibility index (Phi) is 6.13. The first-order valence-corrected chi connectivity index (χ1v) is 10.7. The third-order valence-electron chi connectivity index (χ3n) is 5.68. The van der Waals surface area contributed by atoms with Gasteiger partial charge >= 0.3 is 0 Å². The highest BCUT2D eigenvalue weighted by Crippen LogP contribution is 2.28. The van der Waals surface area contributed by atoms with Crippen molar-refractivity contribution in [1.29, 1.82) is 0 Å². The van der Waals surface area contributed by atoms with Crippen LogP contribution in [0.15, 0.2) is 24.3 Å². The number of carbonyl (C=O) groups excluding carboxylic acids is 1. The molecule has 0 aliphatic carbocycles. The number of benzene rings is 1. The van der Waals surface area contributed by atoms with Gasteiger partial charge in [-0.05, 0) is 63.8 Å². The van der Waals surface area contributed by atoms with E-state index in [-0.39, 0.29) is 18.1 Å². The molecule has 0 bridgehead atoms. The summed E-state index contributed by atoms with van der Waals surface area (Å²) < 4.78 is 13.4. The molecule has 1 fully saturated rings. The molecule has 2 aromatic rings. The normalized spacial score (nSPS) is 20.2. The van der Waals surface area contributed by atoms with Crippen molar-refractivity contribution in [2.45, 2.75) is 70.6 Å². The zero-order valence-electron chi connectivity index (χ0n) is 17.3. The predicted octanol–water partition coefficient (Wildman–Crippen LogP) is 3.09. The average molecular weight is 399 g/mol. The second-order valence-electron chi connectivity index (χ2n) is 8.20. The molecule has 1 amide bonds. The molecule has 1 atom stereocenters. The van der Waals surface area contributed by atoms with Crippen LogP contribution in [0.1, 0.15) is 67.5 Å². The number of hydrogen-bond donors (Lipinski definition) is 1. The number of rotatable bonds is 5. The minimum Gasteiger partial charge on any atom is -0.491 e. The maximum Gasteiger partial charge on any atom is 0.251 e. The van der Waals surface area contributed by atoms with Crippen molar-refractivity contribution < 1.29 is 14.3 Å². The quantitative estimate of drug-likeness (QED) is 0.837. The van der Waals surface area contributed by atoms with E-state index in [0.29, 0.717) is 11.5 Å². The fraction of sp³-hybridized carbons (Fsp3) is 0.591. The van der Waals surface area contributed by atoms with Crippen LogP contribution in [0.5, 0.6) is 5.75 Å². The summed E-state index contributed by atoms with van der Waals surface area (Å²) in [5.74, 6) is 3.31. The number of hydrogen-bond acceptors (Lipinski definition) is 5. The third kappa shape index (κ3) is 4.78. The standard InChI is InChI=1S/C22H30N4O3/c1-15(2)29-19-6-3-17(4-7-19)22(27)23-18-5-8-20-24-25-21(26(20)12-9-18)16-10-13-28-14-11-16/h3-4,6-7,15-16,18H,5,8-14H2,1-2H3,(H,23,27). The minimum atomic E-state index is -0.0339. The molecule has 1 saturated heterocycles. The smallest absolute Gasteiger partial charge is 0.251 e. The van der Waals surface area contributed by atoms with E-state index in [1.807, 2.05) is 38.1 Å². The SMILES string of the molecule is CC(C)Oc1ccc(C(=O)NC2CCc3nnc(C4CCOCC4)n3CC2)cc1. The Hall–Kier alpha value is -2.41. The Morgan fingerprint density at radius 1 is 1.14 bits per heavy atom. The lowest BCUT2D eigenvalue weighted by molar-refractivity contribution is 0.0826. The molecule has 1 aromatic heterocycles. The zero-order valence-corrected chi connectivity index (χ0v) is 17.3. The second-order valence-corrected chi connectivity index (χ2v) is 8.20. The molecule has 156 valence electrons. The summed E-state index contributed by atoms with van der Waals surface area (Å²) in [6.07, 6.45) is 4.74. The van der Waals surface area contributed by atoms with Crippen LogP contribution in [0.3, 0.4) is 0 Å². The molecular weight excluding hydrogens is 368 g/mol. The lowest BCUT2D eigenvalue weighted by Gasteiger charge is -2.22. The number of aromatic nitrogens is 3. The molecule has 2 aliphatic heterocycles. The van der Waals surface area contributed by atoms with E-state index in [4.69, 9.17) is 9.47 Å². The van der Waals surface area contributed by atoms with E-state index in [2.05, 4.69) is 20.1 Å². The number of carbonyl (C=O) groups is 1. The van der Waals surface area contributed by atoms with Crippen LogP contribution in [0.4, 0.5) is 0 Å². The Morgan fingerprint density at radius 3 is 2.62 bits per heavy atom. The van der Waals surface area contributed by atoms with Crippen LogP contribution in [-0.2, 0) is 17.7 Å². The van der Waals surface area contributed by atoms with Crippen LogP contribution in [-0.4, -0.2) is 46.0 Å². The Bertz CT molecular complexity index is 825. The van der Waals surface area contributed by atoms with Crippen molar-refractivity contribution in [2.24, 2.45) is 0 Å². The van der Waals surface area contributed by atoms with Crippen LogP contribution in [0, 0.1) is 0 Å². The van der Waals surface area contributed by atoms with Crippen LogP contribution < -0.4 is 10.1 Å². The van der Waals surface area contributed by atoms with E-state index in [9.17, 15) is 4.79 Å². The number of aryl methyl sites for hydroxylation is 1. The Balaban J connectivity index is 1.36. The summed E-state index contributed by atoms with van der Waals surface area (Å²) in [4.78, 5) is 12.7. The van der Waals surface area contributed by atoms with Gasteiger partial charge in [0.15, 0.2) is 0 Å². The van der Waals surface area contributed by atoms with Gasteiger partial charge in [-0.1, -0.05) is 0 Å². The number of amides is 1. The molecule has 2 aliphatic rings. The van der Waals surface area contributed by atoms with Crippen LogP contribution >= 0.6 is 0 Å². The lowest BCUT2D eigenvalue weighted by atomic mass is 9.99. The fourth-order valence-corrected chi connectivity index (χ4v) is 4.14. The van der Waals surface area contributed by atoms with E-state index < -0.39 is 0 Å². The van der Waals surface area contributed by atoms with Crippen LogP contribution in [0.2, 0.25) is 0 Å². The molecule has 0 spiro atoms. The summed E-state index contributed by atoms with van der Waals surface area (Å²) in [6, 6.07) is 7.48. The van der Waals surface area contributed by atoms with Gasteiger partial charge in [-0.2, -0.15) is 0 Å². The van der Waals surface area contributed by atoms with Crippen molar-refractivity contribution in [3.8, 4) is 5.75 Å². The Labute approximate surface area is 171 Å². The lowest BCUT2D eigenvalue weighted by Crippen LogP contribution is -2.35. The van der Waals surface area contributed by atoms with Crippen molar-refractivity contribution >= 4 is 5.91 Å². The average Bonchev–Trinajstić information content (AvgIpc) is 3.03. The topological polar surface area (TPSA) is 78.3 Å². The minimum absolute atomic E-state index is 0.0339. The number of ether oxygens (including phenoxy) is 2. The molecule has 29 heavy (non-hydrogen) atoms. The summed E-state index contributed by atoms with van der Waals surface area (Å²) >= 11 is 0. The molecule has 3 heterocycles. The van der Waals surface area contributed by atoms with Gasteiger partial charge in [0.25, 0.3) is 5.91 Å². The maximum atomic E-state index is 12.7. The van der Waals surface area contributed by atoms with Crippen molar-refractivity contribution in [3.05, 3.63) is 41.5 Å². The number of fused-ring (bicyclic) bond motifs is 1. The Morgan fingerprint density at radius 2 is 1.90 bits per heavy atom. The van der Waals surface area contributed by atoms with Gasteiger partial charge in [-0.25, -0.2) is 0 Å². The molecule has 0 saturated carbocycles. The van der Waals surface area contributed by atoms with E-state index in [0.717, 1.165) is 69.3 Å². The van der Waals surface area contributed by atoms with Gasteiger partial charge in [0.1, 0.15) is 17.4 Å². The third-order valence-corrected chi connectivity index (χ3v) is 5.68. The van der Waals surface area contributed by atoms with Crippen molar-refractivity contribution in [3.63, 3.8) is 0 Å². The molecule has 1 N–H and O–H groups in total. The fourth-order valence-electron chi connectivity index (χ4n) is 4.14. The maximum absolute atomic E-state index is 12.7. The van der Waals surface area contributed by atoms with Gasteiger partial charge in [0.05, 0.1) is 6.10 Å². The molecule has 7 heteroatoms. The highest BCUT2D eigenvalue weighted by atomic mass is 16.5. The molecule has 4 rings (SSSR count). The first-order chi connectivity index (χ1) is 14.1. The number of nitrogens with one attached hydrogen (secondary N) is 1. The first-order valence-electron chi connectivity index (χ1n) is 10.7. The zero-order chi connectivity index (χ0) is 20.2. The summed E-state index contributed by atoms with van der Waals surface area (Å²) in [6.45, 7) is 6.42. The largest absolute Gasteiger partial charge is 0.491 e.